The van der Waals surface area contributed by atoms with Gasteiger partial charge in [0.25, 0.3) is 0 Å². The Kier molecular flexibility index (Phi) is 3.22. The lowest BCUT2D eigenvalue weighted by molar-refractivity contribution is 0.319. The fourth-order valence-electron chi connectivity index (χ4n) is 2.06. The predicted octanol–water partition coefficient (Wildman–Crippen LogP) is 4.00. The monoisotopic (exact) mass is 275 g/mol. The van der Waals surface area contributed by atoms with E-state index in [2.05, 4.69) is 4.99 Å². The van der Waals surface area contributed by atoms with Crippen LogP contribution in [-0.2, 0) is 4.74 Å². The lowest BCUT2D eigenvalue weighted by Gasteiger charge is -2.04. The number of aliphatic imine (C=N–C) groups is 1. The van der Waals surface area contributed by atoms with Gasteiger partial charge in [0.15, 0.2) is 0 Å². The van der Waals surface area contributed by atoms with Crippen LogP contribution in [0.15, 0.2) is 53.5 Å². The molecule has 0 saturated heterocycles. The Balaban J connectivity index is 1.96. The summed E-state index contributed by atoms with van der Waals surface area (Å²) in [5.41, 5.74) is 1.28. The Hall–Kier alpha value is -1.87. The third kappa shape index (κ3) is 2.34. The van der Waals surface area contributed by atoms with Gasteiger partial charge in [0.2, 0.25) is 5.90 Å². The second-order valence-electron chi connectivity index (χ2n) is 4.27. The van der Waals surface area contributed by atoms with Crippen LogP contribution in [-0.4, -0.2) is 12.5 Å². The Bertz CT molecular complexity index is 607. The van der Waals surface area contributed by atoms with E-state index in [1.807, 2.05) is 30.3 Å². The zero-order valence-electron chi connectivity index (χ0n) is 10.0. The molecule has 3 rings (SSSR count). The maximum atomic E-state index is 13.8. The van der Waals surface area contributed by atoms with E-state index in [9.17, 15) is 4.39 Å². The molecule has 19 heavy (non-hydrogen) atoms. The van der Waals surface area contributed by atoms with E-state index in [-0.39, 0.29) is 17.5 Å². The summed E-state index contributed by atoms with van der Waals surface area (Å²) in [6, 6.07) is 14.2. The highest BCUT2D eigenvalue weighted by Gasteiger charge is 2.25. The topological polar surface area (TPSA) is 21.6 Å². The van der Waals surface area contributed by atoms with Crippen molar-refractivity contribution < 1.29 is 9.13 Å². The van der Waals surface area contributed by atoms with Crippen LogP contribution in [0, 0.1) is 5.82 Å². The van der Waals surface area contributed by atoms with Crippen molar-refractivity contribution in [2.24, 2.45) is 4.99 Å². The molecule has 1 aliphatic heterocycles. The number of halogens is 2. The minimum absolute atomic E-state index is 0.105. The molecule has 2 nitrogen and oxygen atoms in total. The SMILES string of the molecule is Fc1cccc(Cl)c1C1=NC(c2ccccc2)CO1. The van der Waals surface area contributed by atoms with Crippen molar-refractivity contribution in [2.75, 3.05) is 6.61 Å². The lowest BCUT2D eigenvalue weighted by Crippen LogP contribution is -2.05. The van der Waals surface area contributed by atoms with Gasteiger partial charge >= 0.3 is 0 Å². The van der Waals surface area contributed by atoms with Crippen LogP contribution >= 0.6 is 11.6 Å². The van der Waals surface area contributed by atoms with E-state index in [0.717, 1.165) is 5.56 Å². The van der Waals surface area contributed by atoms with E-state index >= 15 is 0 Å². The molecule has 1 unspecified atom stereocenters. The van der Waals surface area contributed by atoms with Crippen molar-refractivity contribution in [1.82, 2.24) is 0 Å². The van der Waals surface area contributed by atoms with Gasteiger partial charge in [0.1, 0.15) is 18.5 Å². The third-order valence-corrected chi connectivity index (χ3v) is 3.33. The van der Waals surface area contributed by atoms with Crippen LogP contribution in [0.25, 0.3) is 0 Å². The number of ether oxygens (including phenoxy) is 1. The largest absolute Gasteiger partial charge is 0.475 e. The first-order chi connectivity index (χ1) is 9.25. The third-order valence-electron chi connectivity index (χ3n) is 3.01. The number of nitrogens with zero attached hydrogens (tertiary/aromatic N) is 1. The van der Waals surface area contributed by atoms with Gasteiger partial charge in [-0.3, -0.25) is 0 Å². The van der Waals surface area contributed by atoms with Gasteiger partial charge in [-0.25, -0.2) is 9.38 Å². The quantitative estimate of drug-likeness (QED) is 0.812. The highest BCUT2D eigenvalue weighted by atomic mass is 35.5. The molecule has 0 aromatic heterocycles. The summed E-state index contributed by atoms with van der Waals surface area (Å²) in [6.07, 6.45) is 0. The van der Waals surface area contributed by atoms with Crippen LogP contribution in [0.1, 0.15) is 17.2 Å². The molecule has 0 bridgehead atoms. The van der Waals surface area contributed by atoms with Crippen molar-refractivity contribution in [3.8, 4) is 0 Å². The minimum Gasteiger partial charge on any atom is -0.475 e. The van der Waals surface area contributed by atoms with E-state index in [4.69, 9.17) is 16.3 Å². The van der Waals surface area contributed by atoms with Crippen molar-refractivity contribution in [3.05, 3.63) is 70.5 Å². The Morgan fingerprint density at radius 1 is 1.11 bits per heavy atom. The van der Waals surface area contributed by atoms with Gasteiger partial charge in [-0.1, -0.05) is 48.0 Å². The average molecular weight is 276 g/mol. The molecule has 0 amide bonds. The van der Waals surface area contributed by atoms with Crippen molar-refractivity contribution in [3.63, 3.8) is 0 Å². The van der Waals surface area contributed by atoms with Crippen LogP contribution in [0.4, 0.5) is 4.39 Å². The molecular formula is C15H11ClFNO. The average Bonchev–Trinajstić information content (AvgIpc) is 2.89. The molecule has 1 heterocycles. The van der Waals surface area contributed by atoms with Gasteiger partial charge in [-0.15, -0.1) is 0 Å². The molecule has 0 saturated carbocycles. The molecule has 0 spiro atoms. The summed E-state index contributed by atoms with van der Waals surface area (Å²) in [5.74, 6) is -0.142. The molecular weight excluding hydrogens is 265 g/mol. The van der Waals surface area contributed by atoms with E-state index in [1.54, 1.807) is 12.1 Å². The van der Waals surface area contributed by atoms with Gasteiger partial charge in [0.05, 0.1) is 10.6 Å². The van der Waals surface area contributed by atoms with Crippen LogP contribution in [0.3, 0.4) is 0 Å². The summed E-state index contributed by atoms with van der Waals surface area (Å²) in [7, 11) is 0. The molecule has 96 valence electrons. The number of hydrogen-bond acceptors (Lipinski definition) is 2. The molecule has 2 aromatic carbocycles. The Morgan fingerprint density at radius 3 is 2.63 bits per heavy atom. The first-order valence-corrected chi connectivity index (χ1v) is 6.33. The highest BCUT2D eigenvalue weighted by Crippen LogP contribution is 2.28. The maximum absolute atomic E-state index is 13.8. The number of rotatable bonds is 2. The van der Waals surface area contributed by atoms with Crippen LogP contribution in [0.5, 0.6) is 0 Å². The van der Waals surface area contributed by atoms with Gasteiger partial charge in [-0.05, 0) is 17.7 Å². The normalized spacial score (nSPS) is 18.0. The van der Waals surface area contributed by atoms with Crippen LogP contribution in [0.2, 0.25) is 5.02 Å². The Morgan fingerprint density at radius 2 is 1.89 bits per heavy atom. The summed E-state index contributed by atoms with van der Waals surface area (Å²) in [5, 5.41) is 0.312. The smallest absolute Gasteiger partial charge is 0.221 e. The van der Waals surface area contributed by atoms with Crippen molar-refractivity contribution >= 4 is 17.5 Å². The minimum atomic E-state index is -0.417. The molecule has 4 heteroatoms. The van der Waals surface area contributed by atoms with Gasteiger partial charge < -0.3 is 4.74 Å². The molecule has 0 aliphatic carbocycles. The summed E-state index contributed by atoms with van der Waals surface area (Å²) in [6.45, 7) is 0.407. The lowest BCUT2D eigenvalue weighted by atomic mass is 10.1. The van der Waals surface area contributed by atoms with E-state index in [1.165, 1.54) is 6.07 Å². The van der Waals surface area contributed by atoms with E-state index < -0.39 is 5.82 Å². The zero-order valence-corrected chi connectivity index (χ0v) is 10.8. The zero-order chi connectivity index (χ0) is 13.2. The highest BCUT2D eigenvalue weighted by molar-refractivity contribution is 6.33. The molecule has 0 fully saturated rings. The van der Waals surface area contributed by atoms with Crippen molar-refractivity contribution in [2.45, 2.75) is 6.04 Å². The van der Waals surface area contributed by atoms with Crippen LogP contribution < -0.4 is 0 Å². The predicted molar refractivity (Wildman–Crippen MR) is 73.1 cm³/mol. The first-order valence-electron chi connectivity index (χ1n) is 5.95. The molecule has 2 aromatic rings. The maximum Gasteiger partial charge on any atom is 0.221 e. The number of benzene rings is 2. The molecule has 0 radical (unpaired) electrons. The number of hydrogen-bond donors (Lipinski definition) is 0. The summed E-state index contributed by atoms with van der Waals surface area (Å²) < 4.78 is 19.3. The Labute approximate surface area is 115 Å². The molecule has 1 atom stereocenters. The first kappa shape index (κ1) is 12.2. The van der Waals surface area contributed by atoms with E-state index in [0.29, 0.717) is 11.6 Å². The fraction of sp³-hybridized carbons (Fsp3) is 0.133. The standard InChI is InChI=1S/C15H11ClFNO/c16-11-7-4-8-12(17)14(11)15-18-13(9-19-15)10-5-2-1-3-6-10/h1-8,13H,9H2. The summed E-state index contributed by atoms with van der Waals surface area (Å²) in [4.78, 5) is 4.42. The second-order valence-corrected chi connectivity index (χ2v) is 4.68. The molecule has 0 N–H and O–H groups in total. The molecule has 1 aliphatic rings. The summed E-state index contributed by atoms with van der Waals surface area (Å²) >= 11 is 6.00. The van der Waals surface area contributed by atoms with Gasteiger partial charge in [0, 0.05) is 0 Å². The van der Waals surface area contributed by atoms with Gasteiger partial charge in [-0.2, -0.15) is 0 Å². The second kappa shape index (κ2) is 5.02. The van der Waals surface area contributed by atoms with Crippen molar-refractivity contribution in [1.29, 1.82) is 0 Å². The fourth-order valence-corrected chi connectivity index (χ4v) is 2.30.